The zero-order valence-corrected chi connectivity index (χ0v) is 13.2. The van der Waals surface area contributed by atoms with Gasteiger partial charge in [-0.2, -0.15) is 0 Å². The summed E-state index contributed by atoms with van der Waals surface area (Å²) in [6.07, 6.45) is 0.871. The lowest BCUT2D eigenvalue weighted by Crippen LogP contribution is -2.15. The number of ether oxygens (including phenoxy) is 2. The molecule has 0 saturated carbocycles. The molecule has 2 rings (SSSR count). The lowest BCUT2D eigenvalue weighted by atomic mass is 10.3. The van der Waals surface area contributed by atoms with E-state index in [1.54, 1.807) is 50.6 Å². The molecule has 0 spiro atoms. The van der Waals surface area contributed by atoms with Crippen molar-refractivity contribution >= 4 is 17.4 Å². The Morgan fingerprint density at radius 3 is 2.74 bits per heavy atom. The van der Waals surface area contributed by atoms with Crippen molar-refractivity contribution in [1.29, 1.82) is 0 Å². The smallest absolute Gasteiger partial charge is 0.276 e. The average Bonchev–Trinajstić information content (AvgIpc) is 2.59. The molecule has 0 atom stereocenters. The number of methoxy groups -OCH3 is 2. The van der Waals surface area contributed by atoms with Crippen LogP contribution in [-0.4, -0.2) is 43.5 Å². The molecule has 122 valence electrons. The number of hydrogen-bond donors (Lipinski definition) is 2. The van der Waals surface area contributed by atoms with E-state index in [0.717, 1.165) is 13.0 Å². The second-order valence-corrected chi connectivity index (χ2v) is 4.76. The summed E-state index contributed by atoms with van der Waals surface area (Å²) in [5, 5.41) is 13.8. The van der Waals surface area contributed by atoms with Gasteiger partial charge in [0.15, 0.2) is 5.69 Å². The summed E-state index contributed by atoms with van der Waals surface area (Å²) < 4.78 is 10.1. The minimum atomic E-state index is -0.323. The SMILES string of the molecule is COCCCNc1ccc(C(=O)Nc2cccc(OC)c2)nn1. The molecule has 7 heteroatoms. The number of hydrogen-bond acceptors (Lipinski definition) is 6. The summed E-state index contributed by atoms with van der Waals surface area (Å²) in [7, 11) is 3.24. The fraction of sp³-hybridized carbons (Fsp3) is 0.312. The number of anilines is 2. The number of aromatic nitrogens is 2. The molecule has 2 aromatic rings. The zero-order valence-electron chi connectivity index (χ0n) is 13.2. The number of carbonyl (C=O) groups is 1. The first-order chi connectivity index (χ1) is 11.2. The van der Waals surface area contributed by atoms with Gasteiger partial charge >= 0.3 is 0 Å². The Labute approximate surface area is 135 Å². The maximum atomic E-state index is 12.1. The summed E-state index contributed by atoms with van der Waals surface area (Å²) in [5.41, 5.74) is 0.883. The molecule has 1 aromatic heterocycles. The largest absolute Gasteiger partial charge is 0.497 e. The van der Waals surface area contributed by atoms with Crippen molar-refractivity contribution in [2.75, 3.05) is 38.0 Å². The quantitative estimate of drug-likeness (QED) is 0.726. The molecule has 1 aromatic carbocycles. The first-order valence-corrected chi connectivity index (χ1v) is 7.25. The van der Waals surface area contributed by atoms with Gasteiger partial charge in [0.25, 0.3) is 5.91 Å². The minimum Gasteiger partial charge on any atom is -0.497 e. The van der Waals surface area contributed by atoms with Gasteiger partial charge in [0.2, 0.25) is 0 Å². The van der Waals surface area contributed by atoms with Crippen LogP contribution < -0.4 is 15.4 Å². The van der Waals surface area contributed by atoms with E-state index in [-0.39, 0.29) is 11.6 Å². The minimum absolute atomic E-state index is 0.246. The van der Waals surface area contributed by atoms with Crippen molar-refractivity contribution < 1.29 is 14.3 Å². The molecule has 0 aliphatic heterocycles. The predicted molar refractivity (Wildman–Crippen MR) is 88.0 cm³/mol. The van der Waals surface area contributed by atoms with Crippen molar-refractivity contribution in [2.45, 2.75) is 6.42 Å². The van der Waals surface area contributed by atoms with Crippen molar-refractivity contribution in [3.05, 3.63) is 42.1 Å². The highest BCUT2D eigenvalue weighted by Gasteiger charge is 2.09. The van der Waals surface area contributed by atoms with E-state index >= 15 is 0 Å². The highest BCUT2D eigenvalue weighted by molar-refractivity contribution is 6.02. The molecule has 1 amide bonds. The number of amides is 1. The van der Waals surface area contributed by atoms with Crippen LogP contribution in [0.5, 0.6) is 5.75 Å². The van der Waals surface area contributed by atoms with Gasteiger partial charge in [0, 0.05) is 32.0 Å². The van der Waals surface area contributed by atoms with Crippen LogP contribution in [0.3, 0.4) is 0 Å². The molecule has 0 fully saturated rings. The monoisotopic (exact) mass is 316 g/mol. The number of carbonyl (C=O) groups excluding carboxylic acids is 1. The Morgan fingerprint density at radius 1 is 1.17 bits per heavy atom. The molecule has 1 heterocycles. The lowest BCUT2D eigenvalue weighted by Gasteiger charge is -2.07. The van der Waals surface area contributed by atoms with Gasteiger partial charge in [-0.25, -0.2) is 0 Å². The van der Waals surface area contributed by atoms with Gasteiger partial charge < -0.3 is 20.1 Å². The van der Waals surface area contributed by atoms with Crippen LogP contribution in [0.1, 0.15) is 16.9 Å². The van der Waals surface area contributed by atoms with E-state index in [1.807, 2.05) is 0 Å². The van der Waals surface area contributed by atoms with Crippen LogP contribution in [0.25, 0.3) is 0 Å². The molecule has 0 unspecified atom stereocenters. The van der Waals surface area contributed by atoms with E-state index in [2.05, 4.69) is 20.8 Å². The maximum Gasteiger partial charge on any atom is 0.276 e. The average molecular weight is 316 g/mol. The Bertz CT molecular complexity index is 631. The second kappa shape index (κ2) is 8.70. The van der Waals surface area contributed by atoms with Crippen LogP contribution in [0.15, 0.2) is 36.4 Å². The van der Waals surface area contributed by atoms with E-state index in [4.69, 9.17) is 9.47 Å². The van der Waals surface area contributed by atoms with E-state index < -0.39 is 0 Å². The van der Waals surface area contributed by atoms with Gasteiger partial charge in [0.1, 0.15) is 11.6 Å². The summed E-state index contributed by atoms with van der Waals surface area (Å²) in [4.78, 5) is 12.1. The Morgan fingerprint density at radius 2 is 2.04 bits per heavy atom. The van der Waals surface area contributed by atoms with Crippen molar-refractivity contribution in [2.24, 2.45) is 0 Å². The standard InChI is InChI=1S/C16H20N4O3/c1-22-10-4-9-17-15-8-7-14(19-20-15)16(21)18-12-5-3-6-13(11-12)23-2/h3,5-8,11H,4,9-10H2,1-2H3,(H,17,20)(H,18,21). The highest BCUT2D eigenvalue weighted by atomic mass is 16.5. The molecule has 0 aliphatic rings. The molecular weight excluding hydrogens is 296 g/mol. The van der Waals surface area contributed by atoms with Gasteiger partial charge in [-0.3, -0.25) is 4.79 Å². The zero-order chi connectivity index (χ0) is 16.5. The van der Waals surface area contributed by atoms with Gasteiger partial charge in [0.05, 0.1) is 7.11 Å². The summed E-state index contributed by atoms with van der Waals surface area (Å²) in [5.74, 6) is 0.972. The molecule has 0 bridgehead atoms. The normalized spacial score (nSPS) is 10.2. The fourth-order valence-electron chi connectivity index (χ4n) is 1.88. The molecule has 0 saturated heterocycles. The van der Waals surface area contributed by atoms with Crippen LogP contribution in [0.4, 0.5) is 11.5 Å². The molecular formula is C16H20N4O3. The predicted octanol–water partition coefficient (Wildman–Crippen LogP) is 2.19. The summed E-state index contributed by atoms with van der Waals surface area (Å²) in [6, 6.07) is 10.5. The Hall–Kier alpha value is -2.67. The van der Waals surface area contributed by atoms with Gasteiger partial charge in [-0.05, 0) is 30.7 Å². The Balaban J connectivity index is 1.91. The molecule has 7 nitrogen and oxygen atoms in total. The van der Waals surface area contributed by atoms with E-state index in [0.29, 0.717) is 23.9 Å². The molecule has 0 aliphatic carbocycles. The van der Waals surface area contributed by atoms with Gasteiger partial charge in [-0.15, -0.1) is 10.2 Å². The van der Waals surface area contributed by atoms with Crippen molar-refractivity contribution in [1.82, 2.24) is 10.2 Å². The first kappa shape index (κ1) is 16.7. The summed E-state index contributed by atoms with van der Waals surface area (Å²) in [6.45, 7) is 1.42. The maximum absolute atomic E-state index is 12.1. The molecule has 0 radical (unpaired) electrons. The molecule has 23 heavy (non-hydrogen) atoms. The number of nitrogens with zero attached hydrogens (tertiary/aromatic N) is 2. The number of nitrogens with one attached hydrogen (secondary N) is 2. The third kappa shape index (κ3) is 5.23. The first-order valence-electron chi connectivity index (χ1n) is 7.25. The van der Waals surface area contributed by atoms with Gasteiger partial charge in [-0.1, -0.05) is 6.07 Å². The second-order valence-electron chi connectivity index (χ2n) is 4.76. The topological polar surface area (TPSA) is 85.4 Å². The van der Waals surface area contributed by atoms with E-state index in [1.165, 1.54) is 0 Å². The van der Waals surface area contributed by atoms with Crippen LogP contribution in [-0.2, 0) is 4.74 Å². The third-order valence-electron chi connectivity index (χ3n) is 3.06. The van der Waals surface area contributed by atoms with Crippen LogP contribution >= 0.6 is 0 Å². The van der Waals surface area contributed by atoms with Crippen molar-refractivity contribution in [3.8, 4) is 5.75 Å². The van der Waals surface area contributed by atoms with E-state index in [9.17, 15) is 4.79 Å². The lowest BCUT2D eigenvalue weighted by molar-refractivity contribution is 0.102. The Kier molecular flexibility index (Phi) is 6.31. The van der Waals surface area contributed by atoms with Crippen LogP contribution in [0.2, 0.25) is 0 Å². The number of rotatable bonds is 8. The fourth-order valence-corrected chi connectivity index (χ4v) is 1.88. The summed E-state index contributed by atoms with van der Waals surface area (Å²) >= 11 is 0. The highest BCUT2D eigenvalue weighted by Crippen LogP contribution is 2.17. The third-order valence-corrected chi connectivity index (χ3v) is 3.06. The van der Waals surface area contributed by atoms with Crippen molar-refractivity contribution in [3.63, 3.8) is 0 Å². The van der Waals surface area contributed by atoms with Crippen LogP contribution in [0, 0.1) is 0 Å². The number of benzene rings is 1. The molecule has 2 N–H and O–H groups in total.